The molecule has 2 unspecified atom stereocenters. The molecule has 0 bridgehead atoms. The second-order valence-electron chi connectivity index (χ2n) is 7.80. The van der Waals surface area contributed by atoms with Gasteiger partial charge in [0.05, 0.1) is 17.9 Å². The Hall–Kier alpha value is -1.44. The highest BCUT2D eigenvalue weighted by atomic mass is 16.2. The summed E-state index contributed by atoms with van der Waals surface area (Å²) >= 11 is 0. The molecule has 2 atom stereocenters. The number of likely N-dealkylation sites (tertiary alicyclic amines) is 1. The van der Waals surface area contributed by atoms with E-state index in [1.165, 1.54) is 25.9 Å². The van der Waals surface area contributed by atoms with Crippen LogP contribution >= 0.6 is 0 Å². The lowest BCUT2D eigenvalue weighted by atomic mass is 10.0. The number of amides is 1. The monoisotopic (exact) mass is 346 g/mol. The van der Waals surface area contributed by atoms with E-state index in [0.717, 1.165) is 44.8 Å². The number of nitrogens with zero attached hydrogens (tertiary/aromatic N) is 6. The number of likely N-dealkylation sites (N-methyl/N-ethyl adjacent to an activating group) is 1. The third-order valence-corrected chi connectivity index (χ3v) is 6.09. The minimum Gasteiger partial charge on any atom is -0.308 e. The quantitative estimate of drug-likeness (QED) is 0.785. The average molecular weight is 346 g/mol. The van der Waals surface area contributed by atoms with Crippen molar-refractivity contribution < 1.29 is 4.79 Å². The summed E-state index contributed by atoms with van der Waals surface area (Å²) in [6.07, 6.45) is 7.28. The summed E-state index contributed by atoms with van der Waals surface area (Å²) in [5.74, 6) is 0.249. The molecule has 3 saturated heterocycles. The average Bonchev–Trinajstić information content (AvgIpc) is 3.21. The molecule has 0 spiro atoms. The normalized spacial score (nSPS) is 30.3. The SMILES string of the molecule is CN1CCCC(N2CCN(C3CCN(c4cnn(C)c4)C3=O)CC2)C1. The zero-order valence-electron chi connectivity index (χ0n) is 15.5. The predicted molar refractivity (Wildman–Crippen MR) is 97.6 cm³/mol. The molecule has 138 valence electrons. The van der Waals surface area contributed by atoms with Gasteiger partial charge in [-0.3, -0.25) is 19.3 Å². The maximum Gasteiger partial charge on any atom is 0.244 e. The molecule has 7 heteroatoms. The fraction of sp³-hybridized carbons (Fsp3) is 0.778. The largest absolute Gasteiger partial charge is 0.308 e. The Bertz CT molecular complexity index is 608. The topological polar surface area (TPSA) is 47.9 Å². The van der Waals surface area contributed by atoms with E-state index in [4.69, 9.17) is 0 Å². The van der Waals surface area contributed by atoms with Crippen LogP contribution in [-0.4, -0.2) is 95.3 Å². The molecule has 0 N–H and O–H groups in total. The van der Waals surface area contributed by atoms with Gasteiger partial charge in [0, 0.05) is 58.6 Å². The van der Waals surface area contributed by atoms with Crippen molar-refractivity contribution in [1.82, 2.24) is 24.5 Å². The van der Waals surface area contributed by atoms with Gasteiger partial charge >= 0.3 is 0 Å². The molecule has 1 amide bonds. The minimum atomic E-state index is 0.0522. The number of rotatable bonds is 3. The zero-order valence-corrected chi connectivity index (χ0v) is 15.5. The molecular formula is C18H30N6O. The Morgan fingerprint density at radius 2 is 1.76 bits per heavy atom. The van der Waals surface area contributed by atoms with E-state index in [-0.39, 0.29) is 11.9 Å². The van der Waals surface area contributed by atoms with E-state index in [9.17, 15) is 4.79 Å². The molecule has 1 aromatic rings. The van der Waals surface area contributed by atoms with Crippen molar-refractivity contribution >= 4 is 11.6 Å². The molecule has 1 aromatic heterocycles. The fourth-order valence-corrected chi connectivity index (χ4v) is 4.66. The number of carbonyl (C=O) groups is 1. The molecule has 4 heterocycles. The van der Waals surface area contributed by atoms with Gasteiger partial charge in [-0.1, -0.05) is 0 Å². The van der Waals surface area contributed by atoms with Crippen molar-refractivity contribution in [3.8, 4) is 0 Å². The number of carbonyl (C=O) groups excluding carboxylic acids is 1. The molecule has 0 radical (unpaired) electrons. The Balaban J connectivity index is 1.33. The van der Waals surface area contributed by atoms with Gasteiger partial charge in [0.25, 0.3) is 0 Å². The summed E-state index contributed by atoms with van der Waals surface area (Å²) < 4.78 is 1.76. The first-order valence-electron chi connectivity index (χ1n) is 9.58. The molecule has 4 rings (SSSR count). The first-order valence-corrected chi connectivity index (χ1v) is 9.58. The third-order valence-electron chi connectivity index (χ3n) is 6.09. The Labute approximate surface area is 150 Å². The van der Waals surface area contributed by atoms with Crippen LogP contribution in [0.2, 0.25) is 0 Å². The van der Waals surface area contributed by atoms with Crippen LogP contribution in [-0.2, 0) is 11.8 Å². The van der Waals surface area contributed by atoms with Crippen LogP contribution in [0.4, 0.5) is 5.69 Å². The highest BCUT2D eigenvalue weighted by Crippen LogP contribution is 2.25. The van der Waals surface area contributed by atoms with Crippen molar-refractivity contribution in [2.75, 3.05) is 57.8 Å². The number of anilines is 1. The van der Waals surface area contributed by atoms with Crippen LogP contribution < -0.4 is 4.90 Å². The lowest BCUT2D eigenvalue weighted by Crippen LogP contribution is -2.57. The van der Waals surface area contributed by atoms with E-state index in [1.807, 2.05) is 18.1 Å². The Kier molecular flexibility index (Phi) is 4.80. The van der Waals surface area contributed by atoms with Crippen molar-refractivity contribution in [2.45, 2.75) is 31.3 Å². The number of hydrogen-bond acceptors (Lipinski definition) is 5. The van der Waals surface area contributed by atoms with Gasteiger partial charge in [-0.25, -0.2) is 0 Å². The number of aromatic nitrogens is 2. The number of aryl methyl sites for hydroxylation is 1. The number of piperidine rings is 1. The summed E-state index contributed by atoms with van der Waals surface area (Å²) in [5.41, 5.74) is 0.930. The molecule has 0 aliphatic carbocycles. The van der Waals surface area contributed by atoms with E-state index in [2.05, 4.69) is 26.8 Å². The predicted octanol–water partition coefficient (Wildman–Crippen LogP) is 0.237. The summed E-state index contributed by atoms with van der Waals surface area (Å²) in [4.78, 5) is 22.3. The van der Waals surface area contributed by atoms with Gasteiger partial charge < -0.3 is 9.80 Å². The Morgan fingerprint density at radius 3 is 2.44 bits per heavy atom. The smallest absolute Gasteiger partial charge is 0.244 e. The first kappa shape index (κ1) is 17.0. The maximum atomic E-state index is 12.9. The van der Waals surface area contributed by atoms with Gasteiger partial charge in [-0.2, -0.15) is 5.10 Å². The van der Waals surface area contributed by atoms with Crippen molar-refractivity contribution in [3.63, 3.8) is 0 Å². The zero-order chi connectivity index (χ0) is 17.4. The molecule has 7 nitrogen and oxygen atoms in total. The van der Waals surface area contributed by atoms with Crippen molar-refractivity contribution in [2.24, 2.45) is 7.05 Å². The van der Waals surface area contributed by atoms with Crippen LogP contribution in [0.5, 0.6) is 0 Å². The summed E-state index contributed by atoms with van der Waals surface area (Å²) in [6, 6.07) is 0.753. The van der Waals surface area contributed by atoms with Crippen LogP contribution in [0.1, 0.15) is 19.3 Å². The summed E-state index contributed by atoms with van der Waals surface area (Å²) in [7, 11) is 4.12. The second kappa shape index (κ2) is 7.05. The lowest BCUT2D eigenvalue weighted by molar-refractivity contribution is -0.122. The van der Waals surface area contributed by atoms with Crippen LogP contribution in [0.3, 0.4) is 0 Å². The van der Waals surface area contributed by atoms with Gasteiger partial charge in [-0.05, 0) is 32.9 Å². The van der Waals surface area contributed by atoms with Gasteiger partial charge in [0.15, 0.2) is 0 Å². The van der Waals surface area contributed by atoms with Crippen LogP contribution in [0.15, 0.2) is 12.4 Å². The summed E-state index contributed by atoms with van der Waals surface area (Å²) in [5, 5.41) is 4.20. The molecule has 3 aliphatic rings. The lowest BCUT2D eigenvalue weighted by Gasteiger charge is -2.43. The van der Waals surface area contributed by atoms with Gasteiger partial charge in [-0.15, -0.1) is 0 Å². The van der Waals surface area contributed by atoms with Gasteiger partial charge in [0.2, 0.25) is 5.91 Å². The maximum absolute atomic E-state index is 12.9. The van der Waals surface area contributed by atoms with E-state index in [1.54, 1.807) is 10.9 Å². The van der Waals surface area contributed by atoms with Crippen LogP contribution in [0, 0.1) is 0 Å². The number of piperazine rings is 1. The van der Waals surface area contributed by atoms with Gasteiger partial charge in [0.1, 0.15) is 0 Å². The number of hydrogen-bond donors (Lipinski definition) is 0. The van der Waals surface area contributed by atoms with Crippen molar-refractivity contribution in [3.05, 3.63) is 12.4 Å². The summed E-state index contributed by atoms with van der Waals surface area (Å²) in [6.45, 7) is 7.44. The molecule has 3 aliphatic heterocycles. The second-order valence-corrected chi connectivity index (χ2v) is 7.80. The van der Waals surface area contributed by atoms with Crippen LogP contribution in [0.25, 0.3) is 0 Å². The molecule has 3 fully saturated rings. The van der Waals surface area contributed by atoms with E-state index < -0.39 is 0 Å². The van der Waals surface area contributed by atoms with Crippen molar-refractivity contribution in [1.29, 1.82) is 0 Å². The Morgan fingerprint density at radius 1 is 1.00 bits per heavy atom. The standard InChI is InChI=1S/C18H30N6O/c1-20-6-3-4-15(13-20)22-8-10-23(11-9-22)17-5-7-24(18(17)25)16-12-19-21(2)14-16/h12,14-15,17H,3-11,13H2,1-2H3. The minimum absolute atomic E-state index is 0.0522. The highest BCUT2D eigenvalue weighted by molar-refractivity contribution is 5.99. The fourth-order valence-electron chi connectivity index (χ4n) is 4.66. The first-order chi connectivity index (χ1) is 12.1. The molecular weight excluding hydrogens is 316 g/mol. The highest BCUT2D eigenvalue weighted by Gasteiger charge is 2.39. The molecule has 0 saturated carbocycles. The third kappa shape index (κ3) is 3.45. The van der Waals surface area contributed by atoms with E-state index >= 15 is 0 Å². The van der Waals surface area contributed by atoms with E-state index in [0.29, 0.717) is 6.04 Å². The molecule has 25 heavy (non-hydrogen) atoms. The molecule has 0 aromatic carbocycles.